The summed E-state index contributed by atoms with van der Waals surface area (Å²) in [5, 5.41) is 3.06. The SMILES string of the molecule is CCc1cc2c(C(=O)NC)c(-c3ccc(F)cc3)oc2nc1N(CCCc1ccc(OC)cc1)S(=O)[O-]. The lowest BCUT2D eigenvalue weighted by Crippen LogP contribution is -2.29. The van der Waals surface area contributed by atoms with Crippen LogP contribution in [-0.2, 0) is 24.1 Å². The minimum Gasteiger partial charge on any atom is -0.755 e. The van der Waals surface area contributed by atoms with Crippen LogP contribution in [0, 0.1) is 5.82 Å². The number of halogens is 1. The number of carbonyl (C=O) groups is 1. The largest absolute Gasteiger partial charge is 0.755 e. The van der Waals surface area contributed by atoms with E-state index in [0.717, 1.165) is 11.3 Å². The number of benzene rings is 2. The van der Waals surface area contributed by atoms with Gasteiger partial charge in [-0.3, -0.25) is 13.3 Å². The van der Waals surface area contributed by atoms with E-state index in [1.54, 1.807) is 13.2 Å². The van der Waals surface area contributed by atoms with Crippen molar-refractivity contribution in [3.05, 3.63) is 77.1 Å². The fourth-order valence-electron chi connectivity index (χ4n) is 4.16. The molecule has 1 atom stereocenters. The second kappa shape index (κ2) is 11.5. The van der Waals surface area contributed by atoms with Crippen molar-refractivity contribution in [3.63, 3.8) is 0 Å². The Labute approximate surface area is 216 Å². The lowest BCUT2D eigenvalue weighted by Gasteiger charge is -2.27. The number of anilines is 1. The van der Waals surface area contributed by atoms with Gasteiger partial charge in [0.25, 0.3) is 5.91 Å². The minimum atomic E-state index is -2.58. The molecule has 4 aromatic rings. The van der Waals surface area contributed by atoms with Crippen LogP contribution in [0.5, 0.6) is 5.75 Å². The summed E-state index contributed by atoms with van der Waals surface area (Å²) in [7, 11) is 3.11. The molecule has 194 valence electrons. The predicted octanol–water partition coefficient (Wildman–Crippen LogP) is 4.80. The monoisotopic (exact) mass is 524 g/mol. The molecule has 2 aromatic heterocycles. The lowest BCUT2D eigenvalue weighted by atomic mass is 10.0. The number of pyridine rings is 1. The zero-order valence-electron chi connectivity index (χ0n) is 20.7. The van der Waals surface area contributed by atoms with Crippen LogP contribution in [0.1, 0.15) is 34.8 Å². The summed E-state index contributed by atoms with van der Waals surface area (Å²) in [6.07, 6.45) is 1.71. The summed E-state index contributed by atoms with van der Waals surface area (Å²) in [5.41, 5.74) is 2.59. The Morgan fingerprint density at radius 2 is 1.89 bits per heavy atom. The van der Waals surface area contributed by atoms with Crippen molar-refractivity contribution >= 4 is 34.1 Å². The van der Waals surface area contributed by atoms with Gasteiger partial charge >= 0.3 is 0 Å². The molecule has 0 radical (unpaired) electrons. The van der Waals surface area contributed by atoms with Gasteiger partial charge in [-0.25, -0.2) is 4.39 Å². The van der Waals surface area contributed by atoms with Crippen molar-refractivity contribution in [2.45, 2.75) is 26.2 Å². The lowest BCUT2D eigenvalue weighted by molar-refractivity contribution is 0.0964. The first-order chi connectivity index (χ1) is 17.9. The maximum Gasteiger partial charge on any atom is 0.255 e. The van der Waals surface area contributed by atoms with E-state index >= 15 is 0 Å². The van der Waals surface area contributed by atoms with Gasteiger partial charge in [0, 0.05) is 30.4 Å². The third kappa shape index (κ3) is 5.65. The molecule has 1 amide bonds. The van der Waals surface area contributed by atoms with Gasteiger partial charge in [-0.2, -0.15) is 4.98 Å². The highest BCUT2D eigenvalue weighted by atomic mass is 32.2. The van der Waals surface area contributed by atoms with Gasteiger partial charge in [0.1, 0.15) is 23.1 Å². The van der Waals surface area contributed by atoms with E-state index in [4.69, 9.17) is 9.15 Å². The maximum absolute atomic E-state index is 13.5. The molecule has 0 fully saturated rings. The number of furan rings is 1. The van der Waals surface area contributed by atoms with Crippen LogP contribution in [0.4, 0.5) is 10.2 Å². The number of aromatic nitrogens is 1. The average molecular weight is 525 g/mol. The van der Waals surface area contributed by atoms with E-state index in [2.05, 4.69) is 10.3 Å². The van der Waals surface area contributed by atoms with Crippen LogP contribution in [-0.4, -0.2) is 40.4 Å². The molecule has 0 saturated carbocycles. The number of ether oxygens (including phenoxy) is 1. The highest BCUT2D eigenvalue weighted by Gasteiger charge is 2.25. The molecule has 1 N–H and O–H groups in total. The third-order valence-electron chi connectivity index (χ3n) is 6.08. The van der Waals surface area contributed by atoms with Gasteiger partial charge < -0.3 is 19.0 Å². The Morgan fingerprint density at radius 3 is 2.49 bits per heavy atom. The second-order valence-corrected chi connectivity index (χ2v) is 9.22. The van der Waals surface area contributed by atoms with Crippen LogP contribution in [0.3, 0.4) is 0 Å². The molecule has 0 aliphatic carbocycles. The molecule has 2 aromatic carbocycles. The second-order valence-electron chi connectivity index (χ2n) is 8.34. The highest BCUT2D eigenvalue weighted by molar-refractivity contribution is 7.80. The van der Waals surface area contributed by atoms with Crippen molar-refractivity contribution < 1.29 is 27.1 Å². The minimum absolute atomic E-state index is 0.121. The van der Waals surface area contributed by atoms with Gasteiger partial charge in [0.05, 0.1) is 18.1 Å². The molecule has 0 saturated heterocycles. The van der Waals surface area contributed by atoms with Crippen molar-refractivity contribution in [2.75, 3.05) is 25.0 Å². The smallest absolute Gasteiger partial charge is 0.255 e. The normalized spacial score (nSPS) is 11.9. The van der Waals surface area contributed by atoms with Crippen molar-refractivity contribution in [2.24, 2.45) is 0 Å². The van der Waals surface area contributed by atoms with Gasteiger partial charge in [0.2, 0.25) is 5.71 Å². The molecule has 8 nitrogen and oxygen atoms in total. The number of amides is 1. The van der Waals surface area contributed by atoms with Crippen molar-refractivity contribution in [3.8, 4) is 17.1 Å². The summed E-state index contributed by atoms with van der Waals surface area (Å²) in [6.45, 7) is 2.09. The first-order valence-electron chi connectivity index (χ1n) is 11.8. The third-order valence-corrected chi connectivity index (χ3v) is 6.80. The van der Waals surface area contributed by atoms with Crippen LogP contribution in [0.25, 0.3) is 22.4 Å². The molecule has 37 heavy (non-hydrogen) atoms. The summed E-state index contributed by atoms with van der Waals surface area (Å²) in [6, 6.07) is 14.9. The Morgan fingerprint density at radius 1 is 1.19 bits per heavy atom. The fraction of sp³-hybridized carbons (Fsp3) is 0.259. The van der Waals surface area contributed by atoms with Crippen molar-refractivity contribution in [1.29, 1.82) is 0 Å². The van der Waals surface area contributed by atoms with Crippen LogP contribution >= 0.6 is 0 Å². The molecular formula is C27H27FN3O5S-. The Bertz CT molecular complexity index is 1420. The highest BCUT2D eigenvalue weighted by Crippen LogP contribution is 2.36. The summed E-state index contributed by atoms with van der Waals surface area (Å²) in [5.74, 6) is 0.429. The number of hydrogen-bond acceptors (Lipinski definition) is 6. The van der Waals surface area contributed by atoms with E-state index in [1.165, 1.54) is 35.6 Å². The number of aryl methyl sites for hydroxylation is 2. The molecule has 1 unspecified atom stereocenters. The Hall–Kier alpha value is -3.76. The Balaban J connectivity index is 1.71. The van der Waals surface area contributed by atoms with Crippen molar-refractivity contribution in [1.82, 2.24) is 10.3 Å². The first-order valence-corrected chi connectivity index (χ1v) is 12.8. The summed E-state index contributed by atoms with van der Waals surface area (Å²) < 4.78 is 50.4. The zero-order chi connectivity index (χ0) is 26.5. The molecule has 0 aliphatic rings. The number of nitrogens with zero attached hydrogens (tertiary/aromatic N) is 2. The maximum atomic E-state index is 13.5. The molecule has 2 heterocycles. The van der Waals surface area contributed by atoms with Crippen LogP contribution in [0.15, 0.2) is 59.0 Å². The summed E-state index contributed by atoms with van der Waals surface area (Å²) in [4.78, 5) is 17.4. The van der Waals surface area contributed by atoms with E-state index in [9.17, 15) is 17.9 Å². The fourth-order valence-corrected chi connectivity index (χ4v) is 4.73. The number of nitrogens with one attached hydrogen (secondary N) is 1. The molecule has 0 aliphatic heterocycles. The van der Waals surface area contributed by atoms with E-state index < -0.39 is 23.0 Å². The molecule has 4 rings (SSSR count). The van der Waals surface area contributed by atoms with Crippen LogP contribution < -0.4 is 14.4 Å². The number of carbonyl (C=O) groups excluding carboxylic acids is 1. The number of fused-ring (bicyclic) bond motifs is 1. The Kier molecular flexibility index (Phi) is 8.20. The number of hydrogen-bond donors (Lipinski definition) is 1. The van der Waals surface area contributed by atoms with E-state index in [0.29, 0.717) is 35.8 Å². The van der Waals surface area contributed by atoms with Crippen LogP contribution in [0.2, 0.25) is 0 Å². The molecule has 0 bridgehead atoms. The standard InChI is InChI=1S/C27H28FN3O5S/c1-4-18-16-22-23(26(32)29-2)24(19-9-11-20(28)12-10-19)36-27(22)30-25(18)31(37(33)34)15-5-6-17-7-13-21(35-3)14-8-17/h7-14,16H,4-6,15H2,1-3H3,(H,29,32)(H,33,34)/p-1. The van der Waals surface area contributed by atoms with Gasteiger partial charge in [-0.1, -0.05) is 19.1 Å². The molecular weight excluding hydrogens is 497 g/mol. The average Bonchev–Trinajstić information content (AvgIpc) is 3.28. The topological polar surface area (TPSA) is 108 Å². The number of methoxy groups -OCH3 is 1. The molecule has 10 heteroatoms. The van der Waals surface area contributed by atoms with Gasteiger partial charge in [0.15, 0.2) is 0 Å². The summed E-state index contributed by atoms with van der Waals surface area (Å²) >= 11 is -2.58. The first kappa shape index (κ1) is 26.3. The quantitative estimate of drug-likeness (QED) is 0.299. The van der Waals surface area contributed by atoms with Gasteiger partial charge in [-0.05, 0) is 72.9 Å². The molecule has 0 spiro atoms. The van der Waals surface area contributed by atoms with Gasteiger partial charge in [-0.15, -0.1) is 0 Å². The van der Waals surface area contributed by atoms with E-state index in [-0.39, 0.29) is 29.4 Å². The number of rotatable bonds is 10. The predicted molar refractivity (Wildman–Crippen MR) is 140 cm³/mol. The van der Waals surface area contributed by atoms with E-state index in [1.807, 2.05) is 31.2 Å². The zero-order valence-corrected chi connectivity index (χ0v) is 21.6.